The number of aromatic nitrogens is 3. The van der Waals surface area contributed by atoms with Gasteiger partial charge in [-0.15, -0.1) is 0 Å². The van der Waals surface area contributed by atoms with Gasteiger partial charge in [0.05, 0.1) is 37.5 Å². The van der Waals surface area contributed by atoms with Gasteiger partial charge in [-0.05, 0) is 150 Å². The second kappa shape index (κ2) is 13.2. The molecule has 278 valence electrons. The van der Waals surface area contributed by atoms with Crippen molar-refractivity contribution in [3.8, 4) is 16.9 Å². The van der Waals surface area contributed by atoms with Gasteiger partial charge in [0.1, 0.15) is 17.7 Å². The normalized spacial score (nSPS) is 28.8. The lowest BCUT2D eigenvalue weighted by molar-refractivity contribution is -0.125. The summed E-state index contributed by atoms with van der Waals surface area (Å²) in [5.41, 5.74) is 4.16. The van der Waals surface area contributed by atoms with Gasteiger partial charge < -0.3 is 19.5 Å². The largest absolute Gasteiger partial charge is 0.496 e. The predicted molar refractivity (Wildman–Crippen MR) is 199 cm³/mol. The molecule has 1 aromatic carbocycles. The van der Waals surface area contributed by atoms with Crippen molar-refractivity contribution in [2.24, 2.45) is 11.3 Å². The van der Waals surface area contributed by atoms with Gasteiger partial charge >= 0.3 is 6.09 Å². The number of aryl methyl sites for hydroxylation is 1. The summed E-state index contributed by atoms with van der Waals surface area (Å²) < 4.78 is 13.5. The molecule has 5 saturated carbocycles. The number of β-amino-alcohol motifs (C(OH)–C–C–N with tert-alkyl or cyclic N) is 1. The van der Waals surface area contributed by atoms with Crippen LogP contribution < -0.4 is 9.64 Å². The van der Waals surface area contributed by atoms with Crippen LogP contribution in [-0.2, 0) is 20.5 Å². The van der Waals surface area contributed by atoms with E-state index in [0.717, 1.165) is 68.2 Å². The summed E-state index contributed by atoms with van der Waals surface area (Å²) in [7, 11) is 1.73. The van der Waals surface area contributed by atoms with Crippen molar-refractivity contribution in [1.82, 2.24) is 19.7 Å². The first-order valence-corrected chi connectivity index (χ1v) is 19.6. The molecule has 3 aromatic rings. The SMILES string of the molecule is COc1ccc(C23CCC(CN(C(=O)C4CCC(OC(=O)N5CC(C)(O)C5)CC4)c4cc(-c5cnn(C6(C)CCC6)c5)ccn4)(CC2)CC3)cc1C. The molecule has 6 aliphatic rings. The molecule has 0 atom stereocenters. The standard InChI is InChI=1S/C42H55N5O5/c1-29-22-33(8-11-35(29)51-4)42-18-15-41(16-19-42,17-20-42)28-46(36-23-31(12-21-43-36)32-24-44-47(25-32)39(2)13-5-14-39)37(48)30-6-9-34(10-7-30)52-38(49)45-26-40(3,50)27-45/h8,11-12,21-25,30,34,50H,5-7,9-10,13-20,26-28H2,1-4H3. The summed E-state index contributed by atoms with van der Waals surface area (Å²) in [4.78, 5) is 35.8. The molecule has 6 fully saturated rings. The summed E-state index contributed by atoms with van der Waals surface area (Å²) >= 11 is 0. The summed E-state index contributed by atoms with van der Waals surface area (Å²) in [6.07, 6.45) is 18.1. The lowest BCUT2D eigenvalue weighted by atomic mass is 9.51. The first-order valence-electron chi connectivity index (χ1n) is 19.6. The number of carbonyl (C=O) groups is 2. The fraction of sp³-hybridized carbons (Fsp3) is 0.619. The average Bonchev–Trinajstić information content (AvgIpc) is 3.64. The Labute approximate surface area is 307 Å². The number of benzene rings is 1. The van der Waals surface area contributed by atoms with Crippen LogP contribution in [0.4, 0.5) is 10.6 Å². The molecule has 52 heavy (non-hydrogen) atoms. The third-order valence-electron chi connectivity index (χ3n) is 13.7. The number of hydrogen-bond acceptors (Lipinski definition) is 7. The molecule has 0 spiro atoms. The van der Waals surface area contributed by atoms with Crippen LogP contribution in [0.3, 0.4) is 0 Å². The highest BCUT2D eigenvalue weighted by Gasteiger charge is 2.51. The molecule has 2 amide bonds. The van der Waals surface area contributed by atoms with Crippen molar-refractivity contribution in [3.63, 3.8) is 0 Å². The van der Waals surface area contributed by atoms with E-state index in [4.69, 9.17) is 19.6 Å². The van der Waals surface area contributed by atoms with E-state index in [1.807, 2.05) is 23.4 Å². The van der Waals surface area contributed by atoms with E-state index in [0.29, 0.717) is 51.1 Å². The summed E-state index contributed by atoms with van der Waals surface area (Å²) in [5, 5.41) is 14.8. The van der Waals surface area contributed by atoms with Crippen LogP contribution in [0, 0.1) is 18.3 Å². The van der Waals surface area contributed by atoms with E-state index in [2.05, 4.69) is 49.0 Å². The highest BCUT2D eigenvalue weighted by molar-refractivity contribution is 5.95. The Morgan fingerprint density at radius 3 is 2.27 bits per heavy atom. The summed E-state index contributed by atoms with van der Waals surface area (Å²) in [6.45, 7) is 7.39. The minimum atomic E-state index is -0.834. The van der Waals surface area contributed by atoms with Gasteiger partial charge in [0.15, 0.2) is 0 Å². The van der Waals surface area contributed by atoms with E-state index in [9.17, 15) is 14.7 Å². The number of amides is 2. The maximum Gasteiger partial charge on any atom is 0.410 e. The second-order valence-corrected chi connectivity index (χ2v) is 17.5. The van der Waals surface area contributed by atoms with Gasteiger partial charge in [-0.3, -0.25) is 14.4 Å². The number of rotatable bonds is 9. The number of nitrogens with zero attached hydrogens (tertiary/aromatic N) is 5. The van der Waals surface area contributed by atoms with E-state index >= 15 is 0 Å². The Hall–Kier alpha value is -3.92. The van der Waals surface area contributed by atoms with Gasteiger partial charge in [0.2, 0.25) is 5.91 Å². The monoisotopic (exact) mass is 709 g/mol. The molecule has 5 aliphatic carbocycles. The van der Waals surface area contributed by atoms with Gasteiger partial charge in [-0.1, -0.05) is 12.1 Å². The molecule has 1 N–H and O–H groups in total. The van der Waals surface area contributed by atoms with Crippen LogP contribution in [-0.4, -0.2) is 75.2 Å². The molecule has 9 rings (SSSR count). The summed E-state index contributed by atoms with van der Waals surface area (Å²) in [5.74, 6) is 1.63. The molecule has 2 bridgehead atoms. The Balaban J connectivity index is 1.01. The highest BCUT2D eigenvalue weighted by atomic mass is 16.6. The van der Waals surface area contributed by atoms with E-state index in [1.165, 1.54) is 17.5 Å². The minimum Gasteiger partial charge on any atom is -0.496 e. The van der Waals surface area contributed by atoms with Gasteiger partial charge in [0, 0.05) is 30.4 Å². The van der Waals surface area contributed by atoms with Crippen molar-refractivity contribution in [3.05, 3.63) is 60.0 Å². The van der Waals surface area contributed by atoms with Crippen molar-refractivity contribution in [1.29, 1.82) is 0 Å². The average molecular weight is 710 g/mol. The first kappa shape index (κ1) is 35.1. The van der Waals surface area contributed by atoms with Crippen molar-refractivity contribution < 1.29 is 24.2 Å². The van der Waals surface area contributed by atoms with E-state index in [1.54, 1.807) is 18.9 Å². The lowest BCUT2D eigenvalue weighted by Gasteiger charge is -2.55. The van der Waals surface area contributed by atoms with Crippen molar-refractivity contribution >= 4 is 17.8 Å². The van der Waals surface area contributed by atoms with E-state index < -0.39 is 5.60 Å². The maximum atomic E-state index is 14.7. The molecule has 2 aromatic heterocycles. The zero-order valence-corrected chi connectivity index (χ0v) is 31.4. The maximum absolute atomic E-state index is 14.7. The molecule has 1 aliphatic heterocycles. The summed E-state index contributed by atoms with van der Waals surface area (Å²) in [6, 6.07) is 10.8. The third-order valence-corrected chi connectivity index (χ3v) is 13.7. The molecular formula is C42H55N5O5. The van der Waals surface area contributed by atoms with Gasteiger partial charge in [0.25, 0.3) is 0 Å². The molecule has 1 saturated heterocycles. The number of ether oxygens (including phenoxy) is 2. The van der Waals surface area contributed by atoms with Crippen LogP contribution >= 0.6 is 0 Å². The zero-order chi connectivity index (χ0) is 36.3. The number of aliphatic hydroxyl groups is 1. The number of carbonyl (C=O) groups excluding carboxylic acids is 2. The number of methoxy groups -OCH3 is 1. The van der Waals surface area contributed by atoms with Gasteiger partial charge in [-0.25, -0.2) is 9.78 Å². The van der Waals surface area contributed by atoms with Gasteiger partial charge in [-0.2, -0.15) is 5.10 Å². The first-order chi connectivity index (χ1) is 24.9. The molecule has 0 radical (unpaired) electrons. The fourth-order valence-corrected chi connectivity index (χ4v) is 9.95. The van der Waals surface area contributed by atoms with Crippen LogP contribution in [0.2, 0.25) is 0 Å². The Morgan fingerprint density at radius 1 is 0.942 bits per heavy atom. The predicted octanol–water partition coefficient (Wildman–Crippen LogP) is 7.55. The fourth-order valence-electron chi connectivity index (χ4n) is 9.95. The van der Waals surface area contributed by atoms with Crippen LogP contribution in [0.15, 0.2) is 48.9 Å². The Bertz CT molecular complexity index is 1790. The van der Waals surface area contributed by atoms with Crippen LogP contribution in [0.1, 0.15) is 108 Å². The van der Waals surface area contributed by atoms with Crippen LogP contribution in [0.25, 0.3) is 11.1 Å². The van der Waals surface area contributed by atoms with Crippen molar-refractivity contribution in [2.75, 3.05) is 31.6 Å². The Morgan fingerprint density at radius 2 is 1.65 bits per heavy atom. The molecular weight excluding hydrogens is 654 g/mol. The topological polar surface area (TPSA) is 110 Å². The van der Waals surface area contributed by atoms with E-state index in [-0.39, 0.29) is 40.4 Å². The smallest absolute Gasteiger partial charge is 0.410 e. The third kappa shape index (κ3) is 6.49. The number of likely N-dealkylation sites (tertiary alicyclic amines) is 1. The Kier molecular flexibility index (Phi) is 8.91. The molecule has 10 nitrogen and oxygen atoms in total. The van der Waals surface area contributed by atoms with Crippen LogP contribution in [0.5, 0.6) is 5.75 Å². The minimum absolute atomic E-state index is 0.0471. The quantitative estimate of drug-likeness (QED) is 0.244. The molecule has 3 heterocycles. The number of fused-ring (bicyclic) bond motifs is 3. The zero-order valence-electron chi connectivity index (χ0n) is 31.4. The number of hydrogen-bond donors (Lipinski definition) is 1. The second-order valence-electron chi connectivity index (χ2n) is 17.5. The molecule has 0 unspecified atom stereocenters. The number of anilines is 1. The lowest BCUT2D eigenvalue weighted by Crippen LogP contribution is -2.62. The van der Waals surface area contributed by atoms with Crippen molar-refractivity contribution in [2.45, 2.75) is 127 Å². The highest BCUT2D eigenvalue weighted by Crippen LogP contribution is 2.58. The molecule has 10 heteroatoms. The number of pyridine rings is 1.